The van der Waals surface area contributed by atoms with Crippen molar-refractivity contribution >= 4 is 23.6 Å². The topological polar surface area (TPSA) is 62.3 Å². The summed E-state index contributed by atoms with van der Waals surface area (Å²) in [5.41, 5.74) is 1.00. The number of aromatic nitrogens is 1. The Morgan fingerprint density at radius 2 is 2.10 bits per heavy atom. The molecule has 5 nitrogen and oxygen atoms in total. The first-order valence-corrected chi connectivity index (χ1v) is 8.31. The highest BCUT2D eigenvalue weighted by atomic mass is 32.2. The van der Waals surface area contributed by atoms with Crippen LogP contribution in [0.25, 0.3) is 0 Å². The molecule has 1 fully saturated rings. The van der Waals surface area contributed by atoms with Crippen molar-refractivity contribution in [1.29, 1.82) is 0 Å². The second kappa shape index (κ2) is 7.45. The van der Waals surface area contributed by atoms with Crippen LogP contribution in [-0.2, 0) is 16.1 Å². The SMILES string of the molecule is CCC(=O)N1C(CC)SCC1C(=O)NCc1ccncc1. The van der Waals surface area contributed by atoms with E-state index in [2.05, 4.69) is 10.3 Å². The van der Waals surface area contributed by atoms with Gasteiger partial charge in [-0.3, -0.25) is 14.6 Å². The smallest absolute Gasteiger partial charge is 0.243 e. The fourth-order valence-corrected chi connectivity index (χ4v) is 3.78. The van der Waals surface area contributed by atoms with E-state index in [0.29, 0.717) is 18.7 Å². The molecule has 0 aromatic carbocycles. The Morgan fingerprint density at radius 3 is 2.71 bits per heavy atom. The number of carbonyl (C=O) groups excluding carboxylic acids is 2. The molecular formula is C15H21N3O2S. The highest BCUT2D eigenvalue weighted by molar-refractivity contribution is 8.00. The molecule has 2 unspecified atom stereocenters. The van der Waals surface area contributed by atoms with E-state index in [9.17, 15) is 9.59 Å². The van der Waals surface area contributed by atoms with Gasteiger partial charge in [-0.2, -0.15) is 0 Å². The van der Waals surface area contributed by atoms with Gasteiger partial charge in [-0.05, 0) is 24.1 Å². The van der Waals surface area contributed by atoms with E-state index < -0.39 is 0 Å². The van der Waals surface area contributed by atoms with Crippen molar-refractivity contribution in [3.8, 4) is 0 Å². The maximum atomic E-state index is 12.4. The molecular weight excluding hydrogens is 286 g/mol. The molecule has 0 bridgehead atoms. The molecule has 21 heavy (non-hydrogen) atoms. The van der Waals surface area contributed by atoms with Crippen molar-refractivity contribution in [3.63, 3.8) is 0 Å². The molecule has 1 aliphatic rings. The second-order valence-electron chi connectivity index (χ2n) is 4.94. The van der Waals surface area contributed by atoms with E-state index in [1.54, 1.807) is 29.1 Å². The third kappa shape index (κ3) is 3.75. The molecule has 0 radical (unpaired) electrons. The number of carbonyl (C=O) groups is 2. The molecule has 1 N–H and O–H groups in total. The molecule has 1 aromatic heterocycles. The maximum absolute atomic E-state index is 12.4. The summed E-state index contributed by atoms with van der Waals surface area (Å²) >= 11 is 1.69. The summed E-state index contributed by atoms with van der Waals surface area (Å²) < 4.78 is 0. The van der Waals surface area contributed by atoms with Gasteiger partial charge in [0.2, 0.25) is 11.8 Å². The van der Waals surface area contributed by atoms with Crippen LogP contribution < -0.4 is 5.32 Å². The Kier molecular flexibility index (Phi) is 5.61. The molecule has 1 aromatic rings. The van der Waals surface area contributed by atoms with Gasteiger partial charge in [0.1, 0.15) is 6.04 Å². The quantitative estimate of drug-likeness (QED) is 0.901. The van der Waals surface area contributed by atoms with Crippen molar-refractivity contribution < 1.29 is 9.59 Å². The summed E-state index contributed by atoms with van der Waals surface area (Å²) in [5.74, 6) is 0.653. The highest BCUT2D eigenvalue weighted by Crippen LogP contribution is 2.31. The number of hydrogen-bond donors (Lipinski definition) is 1. The standard InChI is InChI=1S/C15H21N3O2S/c1-3-13(19)18-12(10-21-14(18)4-2)15(20)17-9-11-5-7-16-8-6-11/h5-8,12,14H,3-4,9-10H2,1-2H3,(H,17,20). The lowest BCUT2D eigenvalue weighted by molar-refractivity contribution is -0.139. The van der Waals surface area contributed by atoms with Crippen LogP contribution in [0.4, 0.5) is 0 Å². The lowest BCUT2D eigenvalue weighted by atomic mass is 10.2. The molecule has 2 rings (SSSR count). The van der Waals surface area contributed by atoms with Gasteiger partial charge >= 0.3 is 0 Å². The monoisotopic (exact) mass is 307 g/mol. The van der Waals surface area contributed by atoms with Crippen molar-refractivity contribution in [2.45, 2.75) is 44.6 Å². The summed E-state index contributed by atoms with van der Waals surface area (Å²) in [6.45, 7) is 4.35. The van der Waals surface area contributed by atoms with E-state index >= 15 is 0 Å². The van der Waals surface area contributed by atoms with E-state index in [1.165, 1.54) is 0 Å². The molecule has 1 saturated heterocycles. The Bertz CT molecular complexity index is 495. The highest BCUT2D eigenvalue weighted by Gasteiger charge is 2.39. The van der Waals surface area contributed by atoms with Crippen LogP contribution in [0.3, 0.4) is 0 Å². The molecule has 0 spiro atoms. The predicted molar refractivity (Wildman–Crippen MR) is 83.5 cm³/mol. The van der Waals surface area contributed by atoms with E-state index in [-0.39, 0.29) is 23.2 Å². The van der Waals surface area contributed by atoms with Gasteiger partial charge < -0.3 is 10.2 Å². The van der Waals surface area contributed by atoms with Gasteiger partial charge in [-0.15, -0.1) is 11.8 Å². The number of pyridine rings is 1. The first-order chi connectivity index (χ1) is 10.2. The molecule has 2 atom stereocenters. The molecule has 0 saturated carbocycles. The summed E-state index contributed by atoms with van der Waals surface area (Å²) in [6, 6.07) is 3.38. The fourth-order valence-electron chi connectivity index (χ4n) is 2.40. The number of amides is 2. The Morgan fingerprint density at radius 1 is 1.38 bits per heavy atom. The van der Waals surface area contributed by atoms with E-state index in [4.69, 9.17) is 0 Å². The normalized spacial score (nSPS) is 21.3. The molecule has 2 heterocycles. The van der Waals surface area contributed by atoms with Gasteiger partial charge in [0.05, 0.1) is 5.37 Å². The zero-order chi connectivity index (χ0) is 15.2. The molecule has 0 aliphatic carbocycles. The fraction of sp³-hybridized carbons (Fsp3) is 0.533. The van der Waals surface area contributed by atoms with E-state index in [0.717, 1.165) is 12.0 Å². The van der Waals surface area contributed by atoms with Crippen LogP contribution in [-0.4, -0.2) is 38.9 Å². The van der Waals surface area contributed by atoms with Crippen LogP contribution in [0.2, 0.25) is 0 Å². The third-order valence-corrected chi connectivity index (χ3v) is 5.00. The van der Waals surface area contributed by atoms with Crippen LogP contribution in [0.5, 0.6) is 0 Å². The molecule has 6 heteroatoms. The number of nitrogens with one attached hydrogen (secondary N) is 1. The van der Waals surface area contributed by atoms with Crippen molar-refractivity contribution in [2.24, 2.45) is 0 Å². The molecule has 1 aliphatic heterocycles. The number of hydrogen-bond acceptors (Lipinski definition) is 4. The van der Waals surface area contributed by atoms with Crippen molar-refractivity contribution in [2.75, 3.05) is 5.75 Å². The first kappa shape index (κ1) is 15.8. The summed E-state index contributed by atoms with van der Waals surface area (Å²) in [5, 5.41) is 3.04. The van der Waals surface area contributed by atoms with Gasteiger partial charge in [-0.1, -0.05) is 13.8 Å². The Balaban J connectivity index is 1.99. The molecule has 2 amide bonds. The van der Waals surface area contributed by atoms with Crippen molar-refractivity contribution in [1.82, 2.24) is 15.2 Å². The van der Waals surface area contributed by atoms with Crippen LogP contribution >= 0.6 is 11.8 Å². The average molecular weight is 307 g/mol. The predicted octanol–water partition coefficient (Wildman–Crippen LogP) is 1.79. The Labute approximate surface area is 129 Å². The largest absolute Gasteiger partial charge is 0.350 e. The first-order valence-electron chi connectivity index (χ1n) is 7.26. The van der Waals surface area contributed by atoms with Gasteiger partial charge in [0.25, 0.3) is 0 Å². The number of nitrogens with zero attached hydrogens (tertiary/aromatic N) is 2. The van der Waals surface area contributed by atoms with Crippen LogP contribution in [0.1, 0.15) is 32.3 Å². The summed E-state index contributed by atoms with van der Waals surface area (Å²) in [4.78, 5) is 30.2. The maximum Gasteiger partial charge on any atom is 0.243 e. The van der Waals surface area contributed by atoms with Crippen molar-refractivity contribution in [3.05, 3.63) is 30.1 Å². The number of thioether (sulfide) groups is 1. The zero-order valence-electron chi connectivity index (χ0n) is 12.4. The minimum atomic E-state index is -0.353. The minimum Gasteiger partial charge on any atom is -0.350 e. The third-order valence-electron chi connectivity index (χ3n) is 3.55. The van der Waals surface area contributed by atoms with Gasteiger partial charge in [0, 0.05) is 31.1 Å². The Hall–Kier alpha value is -1.56. The van der Waals surface area contributed by atoms with Crippen LogP contribution in [0.15, 0.2) is 24.5 Å². The van der Waals surface area contributed by atoms with Crippen LogP contribution in [0, 0.1) is 0 Å². The zero-order valence-corrected chi connectivity index (χ0v) is 13.2. The second-order valence-corrected chi connectivity index (χ2v) is 6.15. The van der Waals surface area contributed by atoms with Gasteiger partial charge in [-0.25, -0.2) is 0 Å². The van der Waals surface area contributed by atoms with E-state index in [1.807, 2.05) is 26.0 Å². The lowest BCUT2D eigenvalue weighted by Crippen LogP contribution is -2.49. The minimum absolute atomic E-state index is 0.0518. The molecule has 114 valence electrons. The average Bonchev–Trinajstić information content (AvgIpc) is 2.96. The lowest BCUT2D eigenvalue weighted by Gasteiger charge is -2.27. The van der Waals surface area contributed by atoms with Gasteiger partial charge in [0.15, 0.2) is 0 Å². The summed E-state index contributed by atoms with van der Waals surface area (Å²) in [7, 11) is 0. The number of rotatable bonds is 5. The summed E-state index contributed by atoms with van der Waals surface area (Å²) in [6.07, 6.45) is 4.70.